The average Bonchev–Trinajstić information content (AvgIpc) is 3.70. The molecule has 208 valence electrons. The lowest BCUT2D eigenvalue weighted by Crippen LogP contribution is -2.29. The Morgan fingerprint density at radius 2 is 1.83 bits per heavy atom. The molecule has 0 unspecified atom stereocenters. The number of methoxy groups -OCH3 is 1. The van der Waals surface area contributed by atoms with Crippen molar-refractivity contribution in [3.8, 4) is 17.2 Å². The molecule has 0 aliphatic carbocycles. The quantitative estimate of drug-likeness (QED) is 0.168. The topological polar surface area (TPSA) is 98.4 Å². The fraction of sp³-hybridized carbons (Fsp3) is 0.212. The van der Waals surface area contributed by atoms with Gasteiger partial charge in [-0.25, -0.2) is 0 Å². The maximum Gasteiger partial charge on any atom is 0.296 e. The number of aliphatic hydroxyl groups excluding tert-OH is 1. The van der Waals surface area contributed by atoms with Crippen LogP contribution in [0.15, 0.2) is 95.1 Å². The summed E-state index contributed by atoms with van der Waals surface area (Å²) in [5.41, 5.74) is 2.95. The maximum absolute atomic E-state index is 13.5. The van der Waals surface area contributed by atoms with Crippen LogP contribution in [0.25, 0.3) is 5.76 Å². The van der Waals surface area contributed by atoms with Gasteiger partial charge in [0.1, 0.15) is 30.0 Å². The molecule has 1 amide bonds. The van der Waals surface area contributed by atoms with Crippen molar-refractivity contribution in [2.24, 2.45) is 0 Å². The van der Waals surface area contributed by atoms with Gasteiger partial charge in [-0.1, -0.05) is 36.4 Å². The molecule has 1 fully saturated rings. The van der Waals surface area contributed by atoms with Crippen LogP contribution < -0.4 is 14.2 Å². The van der Waals surface area contributed by atoms with Gasteiger partial charge in [-0.05, 0) is 66.1 Å². The van der Waals surface area contributed by atoms with Crippen molar-refractivity contribution in [3.63, 3.8) is 0 Å². The lowest BCUT2D eigenvalue weighted by molar-refractivity contribution is -0.140. The Morgan fingerprint density at radius 1 is 1.00 bits per heavy atom. The van der Waals surface area contributed by atoms with Crippen LogP contribution in [0.4, 0.5) is 0 Å². The third-order valence-electron chi connectivity index (χ3n) is 7.36. The van der Waals surface area contributed by atoms with Gasteiger partial charge in [0, 0.05) is 12.0 Å². The smallest absolute Gasteiger partial charge is 0.296 e. The first kappa shape index (κ1) is 26.3. The van der Waals surface area contributed by atoms with E-state index in [0.29, 0.717) is 41.4 Å². The van der Waals surface area contributed by atoms with Crippen LogP contribution in [-0.4, -0.2) is 34.9 Å². The molecule has 0 radical (unpaired) electrons. The summed E-state index contributed by atoms with van der Waals surface area (Å²) in [6, 6.07) is 22.9. The number of nitrogens with zero attached hydrogens (tertiary/aromatic N) is 1. The van der Waals surface area contributed by atoms with Crippen LogP contribution in [0.5, 0.6) is 17.2 Å². The molecule has 8 heteroatoms. The van der Waals surface area contributed by atoms with Gasteiger partial charge in [0.25, 0.3) is 11.7 Å². The van der Waals surface area contributed by atoms with E-state index in [0.717, 1.165) is 16.9 Å². The third-order valence-corrected chi connectivity index (χ3v) is 7.36. The highest BCUT2D eigenvalue weighted by Crippen LogP contribution is 2.43. The van der Waals surface area contributed by atoms with Gasteiger partial charge in [0.05, 0.1) is 31.5 Å². The molecule has 1 aromatic heterocycles. The van der Waals surface area contributed by atoms with Crippen LogP contribution in [0.1, 0.15) is 41.0 Å². The number of rotatable bonds is 8. The van der Waals surface area contributed by atoms with Gasteiger partial charge in [-0.15, -0.1) is 0 Å². The Balaban J connectivity index is 1.41. The summed E-state index contributed by atoms with van der Waals surface area (Å²) in [6.07, 6.45) is 2.22. The predicted molar refractivity (Wildman–Crippen MR) is 151 cm³/mol. The molecule has 1 saturated heterocycles. The molecule has 2 aliphatic rings. The van der Waals surface area contributed by atoms with E-state index in [1.54, 1.807) is 42.5 Å². The molecule has 2 aliphatic heterocycles. The van der Waals surface area contributed by atoms with E-state index < -0.39 is 17.7 Å². The second kappa shape index (κ2) is 10.9. The summed E-state index contributed by atoms with van der Waals surface area (Å²) in [5.74, 6) is 0.458. The first-order chi connectivity index (χ1) is 19.9. The standard InChI is InChI=1S/C33H29NO7/c1-20-15-24-16-23(11-12-26(24)41-20)31(35)29-30(34(33(37)32(29)36)18-25-9-6-14-39-25)22-10-13-27(28(17-22)38-2)40-19-21-7-4-3-5-8-21/h3-14,16-17,20,30,35H,15,18-19H2,1-2H3/t20-,30+/m0/s1. The molecule has 41 heavy (non-hydrogen) atoms. The van der Waals surface area contributed by atoms with E-state index in [-0.39, 0.29) is 24.0 Å². The molecule has 6 rings (SSSR count). The Bertz CT molecular complexity index is 1620. The second-order valence-electron chi connectivity index (χ2n) is 10.1. The van der Waals surface area contributed by atoms with Crippen LogP contribution in [0, 0.1) is 0 Å². The number of hydrogen-bond donors (Lipinski definition) is 1. The van der Waals surface area contributed by atoms with Crippen LogP contribution >= 0.6 is 0 Å². The Hall–Kier alpha value is -4.98. The minimum atomic E-state index is -0.888. The number of benzene rings is 3. The predicted octanol–water partition coefficient (Wildman–Crippen LogP) is 5.81. The minimum absolute atomic E-state index is 0.00604. The largest absolute Gasteiger partial charge is 0.507 e. The van der Waals surface area contributed by atoms with Crippen molar-refractivity contribution in [1.82, 2.24) is 4.90 Å². The highest BCUT2D eigenvalue weighted by molar-refractivity contribution is 6.46. The summed E-state index contributed by atoms with van der Waals surface area (Å²) in [4.78, 5) is 28.3. The van der Waals surface area contributed by atoms with Gasteiger partial charge in [0.15, 0.2) is 11.5 Å². The SMILES string of the molecule is COc1cc([C@@H]2C(=C(O)c3ccc4c(c3)C[C@H](C)O4)C(=O)C(=O)N2Cc2ccco2)ccc1OCc1ccccc1. The number of carbonyl (C=O) groups is 2. The number of furan rings is 1. The monoisotopic (exact) mass is 551 g/mol. The molecule has 3 heterocycles. The Morgan fingerprint density at radius 3 is 2.59 bits per heavy atom. The molecule has 2 atom stereocenters. The summed E-state index contributed by atoms with van der Waals surface area (Å²) >= 11 is 0. The van der Waals surface area contributed by atoms with Crippen molar-refractivity contribution in [3.05, 3.63) is 119 Å². The Labute approximate surface area is 237 Å². The van der Waals surface area contributed by atoms with Crippen LogP contribution in [-0.2, 0) is 29.2 Å². The zero-order valence-corrected chi connectivity index (χ0v) is 22.7. The van der Waals surface area contributed by atoms with Gasteiger partial charge < -0.3 is 28.6 Å². The minimum Gasteiger partial charge on any atom is -0.507 e. The lowest BCUT2D eigenvalue weighted by atomic mass is 9.94. The van der Waals surface area contributed by atoms with Crippen molar-refractivity contribution >= 4 is 17.4 Å². The van der Waals surface area contributed by atoms with Gasteiger partial charge >= 0.3 is 0 Å². The fourth-order valence-corrected chi connectivity index (χ4v) is 5.39. The summed E-state index contributed by atoms with van der Waals surface area (Å²) in [5, 5.41) is 11.5. The van der Waals surface area contributed by atoms with Gasteiger partial charge in [-0.2, -0.15) is 0 Å². The molecule has 1 N–H and O–H groups in total. The van der Waals surface area contributed by atoms with Crippen molar-refractivity contribution < 1.29 is 33.3 Å². The van der Waals surface area contributed by atoms with Crippen LogP contribution in [0.2, 0.25) is 0 Å². The van der Waals surface area contributed by atoms with E-state index in [1.807, 2.05) is 43.3 Å². The zero-order chi connectivity index (χ0) is 28.5. The average molecular weight is 552 g/mol. The summed E-state index contributed by atoms with van der Waals surface area (Å²) in [6.45, 7) is 2.36. The van der Waals surface area contributed by atoms with Crippen LogP contribution in [0.3, 0.4) is 0 Å². The van der Waals surface area contributed by atoms with Crippen molar-refractivity contribution in [2.75, 3.05) is 7.11 Å². The highest BCUT2D eigenvalue weighted by Gasteiger charge is 2.46. The molecular weight excluding hydrogens is 522 g/mol. The second-order valence-corrected chi connectivity index (χ2v) is 10.1. The van der Waals surface area contributed by atoms with E-state index in [1.165, 1.54) is 18.3 Å². The zero-order valence-electron chi connectivity index (χ0n) is 22.7. The number of fused-ring (bicyclic) bond motifs is 1. The lowest BCUT2D eigenvalue weighted by Gasteiger charge is -2.25. The molecular formula is C33H29NO7. The third kappa shape index (κ3) is 5.04. The van der Waals surface area contributed by atoms with Crippen molar-refractivity contribution in [1.29, 1.82) is 0 Å². The first-order valence-corrected chi connectivity index (χ1v) is 13.4. The molecule has 8 nitrogen and oxygen atoms in total. The number of likely N-dealkylation sites (tertiary alicyclic amines) is 1. The Kier molecular flexibility index (Phi) is 6.97. The van der Waals surface area contributed by atoms with Crippen molar-refractivity contribution in [2.45, 2.75) is 38.6 Å². The molecule has 0 saturated carbocycles. The fourth-order valence-electron chi connectivity index (χ4n) is 5.39. The highest BCUT2D eigenvalue weighted by atomic mass is 16.5. The number of aliphatic hydroxyl groups is 1. The number of amides is 1. The number of Topliss-reactive ketones (excluding diaryl/α,β-unsaturated/α-hetero) is 1. The maximum atomic E-state index is 13.5. The first-order valence-electron chi connectivity index (χ1n) is 13.4. The van der Waals surface area contributed by atoms with E-state index in [2.05, 4.69) is 0 Å². The van der Waals surface area contributed by atoms with Gasteiger partial charge in [-0.3, -0.25) is 9.59 Å². The van der Waals surface area contributed by atoms with Gasteiger partial charge in [0.2, 0.25) is 0 Å². The van der Waals surface area contributed by atoms with E-state index in [9.17, 15) is 14.7 Å². The number of ketones is 1. The molecule has 0 spiro atoms. The molecule has 4 aromatic rings. The van der Waals surface area contributed by atoms with E-state index >= 15 is 0 Å². The normalized spacial score (nSPS) is 19.2. The number of ether oxygens (including phenoxy) is 3. The van der Waals surface area contributed by atoms with E-state index in [4.69, 9.17) is 18.6 Å². The number of carbonyl (C=O) groups excluding carboxylic acids is 2. The number of hydrogen-bond acceptors (Lipinski definition) is 7. The summed E-state index contributed by atoms with van der Waals surface area (Å²) in [7, 11) is 1.53. The molecule has 3 aromatic carbocycles. The summed E-state index contributed by atoms with van der Waals surface area (Å²) < 4.78 is 23.0. The molecule has 0 bridgehead atoms.